The summed E-state index contributed by atoms with van der Waals surface area (Å²) in [5.41, 5.74) is 3.31. The second-order valence-corrected chi connectivity index (χ2v) is 6.63. The van der Waals surface area contributed by atoms with E-state index in [4.69, 9.17) is 4.52 Å². The average molecular weight is 340 g/mol. The zero-order chi connectivity index (χ0) is 16.4. The monoisotopic (exact) mass is 340 g/mol. The number of aryl methyl sites for hydroxylation is 1. The highest BCUT2D eigenvalue weighted by atomic mass is 32.1. The van der Waals surface area contributed by atoms with Crippen molar-refractivity contribution in [2.45, 2.75) is 32.2 Å². The molecule has 0 radical (unpaired) electrons. The summed E-state index contributed by atoms with van der Waals surface area (Å²) < 4.78 is 5.29. The van der Waals surface area contributed by atoms with E-state index >= 15 is 0 Å². The third-order valence-corrected chi connectivity index (χ3v) is 4.94. The van der Waals surface area contributed by atoms with E-state index in [1.807, 2.05) is 17.5 Å². The van der Waals surface area contributed by atoms with Crippen molar-refractivity contribution in [1.82, 2.24) is 20.4 Å². The summed E-state index contributed by atoms with van der Waals surface area (Å²) in [6, 6.07) is 3.83. The molecule has 0 spiro atoms. The van der Waals surface area contributed by atoms with E-state index in [0.29, 0.717) is 12.2 Å². The molecule has 0 saturated carbocycles. The molecule has 1 aliphatic rings. The lowest BCUT2D eigenvalue weighted by molar-refractivity contribution is 0.0941. The maximum Gasteiger partial charge on any atom is 0.274 e. The number of carbonyl (C=O) groups is 1. The van der Waals surface area contributed by atoms with Gasteiger partial charge in [-0.15, -0.1) is 11.3 Å². The fraction of sp³-hybridized carbons (Fsp3) is 0.294. The Morgan fingerprint density at radius 3 is 2.96 bits per heavy atom. The number of aromatic nitrogens is 3. The molecule has 1 N–H and O–H groups in total. The van der Waals surface area contributed by atoms with Gasteiger partial charge in [0.2, 0.25) is 0 Å². The van der Waals surface area contributed by atoms with E-state index in [2.05, 4.69) is 20.4 Å². The molecule has 1 aliphatic carbocycles. The van der Waals surface area contributed by atoms with Crippen molar-refractivity contribution in [2.24, 2.45) is 0 Å². The number of amides is 1. The minimum atomic E-state index is -0.192. The van der Waals surface area contributed by atoms with E-state index in [1.165, 1.54) is 11.3 Å². The molecule has 0 aliphatic heterocycles. The zero-order valence-electron chi connectivity index (χ0n) is 13.0. The standard InChI is InChI=1S/C17H16N4O2S/c22-17(16-12-3-1-2-4-14(12)23-21-16)19-9-15-20-13(10-24-15)11-5-7-18-8-6-11/h5-8,10H,1-4,9H2,(H,19,22). The number of fused-ring (bicyclic) bond motifs is 1. The Hall–Kier alpha value is -2.54. The van der Waals surface area contributed by atoms with Gasteiger partial charge in [-0.3, -0.25) is 9.78 Å². The molecule has 24 heavy (non-hydrogen) atoms. The smallest absolute Gasteiger partial charge is 0.274 e. The molecule has 122 valence electrons. The highest BCUT2D eigenvalue weighted by Gasteiger charge is 2.23. The average Bonchev–Trinajstić information content (AvgIpc) is 3.27. The van der Waals surface area contributed by atoms with Gasteiger partial charge in [0.25, 0.3) is 5.91 Å². The maximum absolute atomic E-state index is 12.4. The van der Waals surface area contributed by atoms with Crippen molar-refractivity contribution in [1.29, 1.82) is 0 Å². The summed E-state index contributed by atoms with van der Waals surface area (Å²) in [4.78, 5) is 20.9. The van der Waals surface area contributed by atoms with Crippen molar-refractivity contribution in [2.75, 3.05) is 0 Å². The molecule has 3 aromatic heterocycles. The Morgan fingerprint density at radius 1 is 1.25 bits per heavy atom. The van der Waals surface area contributed by atoms with E-state index in [1.54, 1.807) is 12.4 Å². The number of hydrogen-bond donors (Lipinski definition) is 1. The fourth-order valence-electron chi connectivity index (χ4n) is 2.85. The van der Waals surface area contributed by atoms with Crippen LogP contribution in [-0.4, -0.2) is 21.0 Å². The van der Waals surface area contributed by atoms with Gasteiger partial charge in [0.05, 0.1) is 12.2 Å². The van der Waals surface area contributed by atoms with Gasteiger partial charge < -0.3 is 9.84 Å². The quantitative estimate of drug-likeness (QED) is 0.789. The van der Waals surface area contributed by atoms with Crippen LogP contribution in [0.5, 0.6) is 0 Å². The lowest BCUT2D eigenvalue weighted by Crippen LogP contribution is -2.24. The highest BCUT2D eigenvalue weighted by molar-refractivity contribution is 7.09. The molecule has 1 amide bonds. The first-order valence-corrected chi connectivity index (χ1v) is 8.79. The van der Waals surface area contributed by atoms with Gasteiger partial charge in [0.1, 0.15) is 10.8 Å². The van der Waals surface area contributed by atoms with Crippen LogP contribution in [0.25, 0.3) is 11.3 Å². The Balaban J connectivity index is 1.43. The molecule has 3 aromatic rings. The van der Waals surface area contributed by atoms with Crippen LogP contribution >= 0.6 is 11.3 Å². The SMILES string of the molecule is O=C(NCc1nc(-c2ccncc2)cs1)c1noc2c1CCCC2. The summed E-state index contributed by atoms with van der Waals surface area (Å²) in [5, 5.41) is 9.68. The number of pyridine rings is 1. The minimum absolute atomic E-state index is 0.192. The first-order chi connectivity index (χ1) is 11.8. The van der Waals surface area contributed by atoms with Crippen LogP contribution in [-0.2, 0) is 19.4 Å². The first-order valence-electron chi connectivity index (χ1n) is 7.91. The summed E-state index contributed by atoms with van der Waals surface area (Å²) in [6.07, 6.45) is 7.40. The van der Waals surface area contributed by atoms with Crippen LogP contribution in [0.4, 0.5) is 0 Å². The van der Waals surface area contributed by atoms with E-state index in [0.717, 1.165) is 53.3 Å². The number of rotatable bonds is 4. The lowest BCUT2D eigenvalue weighted by atomic mass is 9.96. The molecule has 0 bridgehead atoms. The van der Waals surface area contributed by atoms with E-state index in [-0.39, 0.29) is 5.91 Å². The molecule has 0 unspecified atom stereocenters. The summed E-state index contributed by atoms with van der Waals surface area (Å²) in [6.45, 7) is 0.385. The number of hydrogen-bond acceptors (Lipinski definition) is 6. The predicted molar refractivity (Wildman–Crippen MR) is 89.7 cm³/mol. The molecule has 7 heteroatoms. The Bertz CT molecular complexity index is 857. The Labute approximate surface area is 142 Å². The van der Waals surface area contributed by atoms with Gasteiger partial charge in [0, 0.05) is 35.3 Å². The van der Waals surface area contributed by atoms with Crippen LogP contribution < -0.4 is 5.32 Å². The van der Waals surface area contributed by atoms with Gasteiger partial charge in [0.15, 0.2) is 5.69 Å². The second kappa shape index (κ2) is 6.52. The van der Waals surface area contributed by atoms with Gasteiger partial charge in [-0.05, 0) is 31.4 Å². The molecule has 4 rings (SSSR count). The molecular formula is C17H16N4O2S. The number of nitrogens with one attached hydrogen (secondary N) is 1. The predicted octanol–water partition coefficient (Wildman–Crippen LogP) is 3.00. The summed E-state index contributed by atoms with van der Waals surface area (Å²) in [5.74, 6) is 0.670. The van der Waals surface area contributed by atoms with Crippen LogP contribution in [0.3, 0.4) is 0 Å². The van der Waals surface area contributed by atoms with Gasteiger partial charge >= 0.3 is 0 Å². The van der Waals surface area contributed by atoms with Crippen molar-refractivity contribution >= 4 is 17.2 Å². The molecule has 0 saturated heterocycles. The Morgan fingerprint density at radius 2 is 2.08 bits per heavy atom. The van der Waals surface area contributed by atoms with E-state index < -0.39 is 0 Å². The van der Waals surface area contributed by atoms with Gasteiger partial charge in [-0.1, -0.05) is 5.16 Å². The van der Waals surface area contributed by atoms with Crippen molar-refractivity contribution in [3.8, 4) is 11.3 Å². The van der Waals surface area contributed by atoms with E-state index in [9.17, 15) is 4.79 Å². The first kappa shape index (κ1) is 15.0. The van der Waals surface area contributed by atoms with Crippen molar-refractivity contribution in [3.05, 3.63) is 51.9 Å². The largest absolute Gasteiger partial charge is 0.360 e. The van der Waals surface area contributed by atoms with Crippen LogP contribution in [0.2, 0.25) is 0 Å². The zero-order valence-corrected chi connectivity index (χ0v) is 13.8. The maximum atomic E-state index is 12.4. The number of nitrogens with zero attached hydrogens (tertiary/aromatic N) is 3. The molecule has 0 aromatic carbocycles. The molecule has 0 fully saturated rings. The number of carbonyl (C=O) groups excluding carboxylic acids is 1. The summed E-state index contributed by atoms with van der Waals surface area (Å²) in [7, 11) is 0. The van der Waals surface area contributed by atoms with Crippen molar-refractivity contribution < 1.29 is 9.32 Å². The molecule has 6 nitrogen and oxygen atoms in total. The Kier molecular flexibility index (Phi) is 4.08. The normalized spacial score (nSPS) is 13.5. The topological polar surface area (TPSA) is 80.9 Å². The minimum Gasteiger partial charge on any atom is -0.360 e. The van der Waals surface area contributed by atoms with Gasteiger partial charge in [-0.25, -0.2) is 4.98 Å². The van der Waals surface area contributed by atoms with Crippen LogP contribution in [0.1, 0.15) is 39.7 Å². The third kappa shape index (κ3) is 2.94. The number of thiazole rings is 1. The third-order valence-electron chi connectivity index (χ3n) is 4.09. The fourth-order valence-corrected chi connectivity index (χ4v) is 3.59. The highest BCUT2D eigenvalue weighted by Crippen LogP contribution is 2.24. The molecule has 0 atom stereocenters. The lowest BCUT2D eigenvalue weighted by Gasteiger charge is -2.08. The van der Waals surface area contributed by atoms with Crippen LogP contribution in [0, 0.1) is 0 Å². The second-order valence-electron chi connectivity index (χ2n) is 5.69. The summed E-state index contributed by atoms with van der Waals surface area (Å²) >= 11 is 1.52. The molecule has 3 heterocycles. The van der Waals surface area contributed by atoms with Crippen molar-refractivity contribution in [3.63, 3.8) is 0 Å². The molecular weight excluding hydrogens is 324 g/mol. The van der Waals surface area contributed by atoms with Gasteiger partial charge in [-0.2, -0.15) is 0 Å². The van der Waals surface area contributed by atoms with Crippen LogP contribution in [0.15, 0.2) is 34.4 Å².